The highest BCUT2D eigenvalue weighted by molar-refractivity contribution is 5.74. The fourth-order valence-electron chi connectivity index (χ4n) is 1.81. The van der Waals surface area contributed by atoms with Crippen LogP contribution in [0.25, 0.3) is 0 Å². The van der Waals surface area contributed by atoms with Gasteiger partial charge in [0.15, 0.2) is 0 Å². The summed E-state index contributed by atoms with van der Waals surface area (Å²) >= 11 is 0. The lowest BCUT2D eigenvalue weighted by molar-refractivity contribution is -0.142. The first-order valence-corrected chi connectivity index (χ1v) is 5.73. The molecule has 0 aliphatic heterocycles. The van der Waals surface area contributed by atoms with Crippen molar-refractivity contribution in [2.45, 2.75) is 26.3 Å². The van der Waals surface area contributed by atoms with Gasteiger partial charge in [-0.25, -0.2) is 8.78 Å². The van der Waals surface area contributed by atoms with Gasteiger partial charge in [0.2, 0.25) is 0 Å². The summed E-state index contributed by atoms with van der Waals surface area (Å²) in [6.07, 6.45) is -3.15. The number of ether oxygens (including phenoxy) is 1. The molecule has 6 heteroatoms. The second-order valence-electron chi connectivity index (χ2n) is 3.76. The number of alkyl halides is 2. The molecule has 0 aromatic heterocycles. The number of nitriles is 1. The predicted octanol–water partition coefficient (Wildman–Crippen LogP) is 2.06. The van der Waals surface area contributed by atoms with Crippen molar-refractivity contribution in [3.05, 3.63) is 34.4 Å². The summed E-state index contributed by atoms with van der Waals surface area (Å²) in [5, 5.41) is 8.95. The second kappa shape index (κ2) is 6.81. The van der Waals surface area contributed by atoms with Crippen LogP contribution in [0.4, 0.5) is 8.78 Å². The molecule has 2 N–H and O–H groups in total. The van der Waals surface area contributed by atoms with Gasteiger partial charge >= 0.3 is 5.97 Å². The number of carbonyl (C=O) groups excluding carboxylic acids is 1. The maximum absolute atomic E-state index is 13.1. The standard InChI is InChI=1S/C13H14F2N2O2/c1-2-19-11(18)5-10-8(6-16)3-4-9(7-17)12(10)13(14)15/h3-4,13H,2,5,7,17H2,1H3. The van der Waals surface area contributed by atoms with Gasteiger partial charge in [0.1, 0.15) is 0 Å². The molecule has 0 spiro atoms. The normalized spacial score (nSPS) is 10.3. The third-order valence-electron chi connectivity index (χ3n) is 2.63. The summed E-state index contributed by atoms with van der Waals surface area (Å²) in [6, 6.07) is 4.58. The van der Waals surface area contributed by atoms with Crippen LogP contribution in [0.5, 0.6) is 0 Å². The average Bonchev–Trinajstić information content (AvgIpc) is 2.37. The molecule has 1 aromatic rings. The van der Waals surface area contributed by atoms with Crippen LogP contribution in [0, 0.1) is 11.3 Å². The van der Waals surface area contributed by atoms with Crippen molar-refractivity contribution in [3.8, 4) is 6.07 Å². The molecule has 0 fully saturated rings. The Bertz CT molecular complexity index is 510. The summed E-state index contributed by atoms with van der Waals surface area (Å²) in [5.41, 5.74) is 5.34. The number of nitrogens with zero attached hydrogens (tertiary/aromatic N) is 1. The Balaban J connectivity index is 3.31. The first kappa shape index (κ1) is 15.1. The van der Waals surface area contributed by atoms with Gasteiger partial charge in [-0.15, -0.1) is 0 Å². The van der Waals surface area contributed by atoms with E-state index >= 15 is 0 Å². The van der Waals surface area contributed by atoms with Gasteiger partial charge in [-0.05, 0) is 24.1 Å². The minimum Gasteiger partial charge on any atom is -0.466 e. The number of hydrogen-bond acceptors (Lipinski definition) is 4. The van der Waals surface area contributed by atoms with Crippen LogP contribution in [0.1, 0.15) is 35.6 Å². The van der Waals surface area contributed by atoms with Crippen molar-refractivity contribution in [1.82, 2.24) is 0 Å². The lowest BCUT2D eigenvalue weighted by Gasteiger charge is -2.14. The molecule has 0 atom stereocenters. The first-order chi connectivity index (χ1) is 9.04. The smallest absolute Gasteiger partial charge is 0.310 e. The van der Waals surface area contributed by atoms with E-state index in [9.17, 15) is 13.6 Å². The van der Waals surface area contributed by atoms with E-state index in [4.69, 9.17) is 15.7 Å². The van der Waals surface area contributed by atoms with E-state index in [2.05, 4.69) is 0 Å². The number of hydrogen-bond donors (Lipinski definition) is 1. The largest absolute Gasteiger partial charge is 0.466 e. The quantitative estimate of drug-likeness (QED) is 0.829. The zero-order valence-corrected chi connectivity index (χ0v) is 10.5. The van der Waals surface area contributed by atoms with E-state index in [1.54, 1.807) is 6.92 Å². The highest BCUT2D eigenvalue weighted by Crippen LogP contribution is 2.29. The summed E-state index contributed by atoms with van der Waals surface area (Å²) in [5.74, 6) is -0.643. The fourth-order valence-corrected chi connectivity index (χ4v) is 1.81. The van der Waals surface area contributed by atoms with Gasteiger partial charge in [0, 0.05) is 12.1 Å². The van der Waals surface area contributed by atoms with Crippen molar-refractivity contribution in [2.75, 3.05) is 6.61 Å². The topological polar surface area (TPSA) is 76.1 Å². The molecule has 0 radical (unpaired) electrons. The van der Waals surface area contributed by atoms with Crippen molar-refractivity contribution in [3.63, 3.8) is 0 Å². The van der Waals surface area contributed by atoms with E-state index in [-0.39, 0.29) is 41.8 Å². The molecule has 1 aromatic carbocycles. The molecule has 0 aliphatic rings. The molecule has 0 bridgehead atoms. The summed E-state index contributed by atoms with van der Waals surface area (Å²) < 4.78 is 31.0. The van der Waals surface area contributed by atoms with Crippen LogP contribution in [0.15, 0.2) is 12.1 Å². The van der Waals surface area contributed by atoms with Crippen LogP contribution >= 0.6 is 0 Å². The Morgan fingerprint density at radius 3 is 2.68 bits per heavy atom. The second-order valence-corrected chi connectivity index (χ2v) is 3.76. The predicted molar refractivity (Wildman–Crippen MR) is 64.3 cm³/mol. The van der Waals surface area contributed by atoms with Crippen LogP contribution < -0.4 is 5.73 Å². The molecule has 4 nitrogen and oxygen atoms in total. The SMILES string of the molecule is CCOC(=O)Cc1c(C#N)ccc(CN)c1C(F)F. The molecular formula is C13H14F2N2O2. The number of rotatable bonds is 5. The van der Waals surface area contributed by atoms with Crippen molar-refractivity contribution >= 4 is 5.97 Å². The van der Waals surface area contributed by atoms with Crippen molar-refractivity contribution in [2.24, 2.45) is 5.73 Å². The number of carbonyl (C=O) groups is 1. The summed E-state index contributed by atoms with van der Waals surface area (Å²) in [6.45, 7) is 1.69. The van der Waals surface area contributed by atoms with E-state index < -0.39 is 12.4 Å². The zero-order valence-electron chi connectivity index (χ0n) is 10.5. The first-order valence-electron chi connectivity index (χ1n) is 5.73. The Morgan fingerprint density at radius 1 is 1.53 bits per heavy atom. The minimum atomic E-state index is -2.80. The van der Waals surface area contributed by atoms with Gasteiger partial charge < -0.3 is 10.5 Å². The number of benzene rings is 1. The third-order valence-corrected chi connectivity index (χ3v) is 2.63. The fraction of sp³-hybridized carbons (Fsp3) is 0.385. The van der Waals surface area contributed by atoms with Gasteiger partial charge in [0.25, 0.3) is 6.43 Å². The lowest BCUT2D eigenvalue weighted by Crippen LogP contribution is -2.14. The van der Waals surface area contributed by atoms with Crippen LogP contribution in [0.3, 0.4) is 0 Å². The van der Waals surface area contributed by atoms with Gasteiger partial charge in [-0.2, -0.15) is 5.26 Å². The zero-order chi connectivity index (χ0) is 14.4. The summed E-state index contributed by atoms with van der Waals surface area (Å²) in [7, 11) is 0. The van der Waals surface area contributed by atoms with Crippen LogP contribution in [0.2, 0.25) is 0 Å². The highest BCUT2D eigenvalue weighted by Gasteiger charge is 2.22. The van der Waals surface area contributed by atoms with Gasteiger partial charge in [0.05, 0.1) is 24.7 Å². The number of nitrogens with two attached hydrogens (primary N) is 1. The Morgan fingerprint density at radius 2 is 2.21 bits per heavy atom. The number of esters is 1. The molecule has 102 valence electrons. The molecule has 1 rings (SSSR count). The Hall–Kier alpha value is -2.00. The molecule has 0 saturated carbocycles. The lowest BCUT2D eigenvalue weighted by atomic mass is 9.94. The van der Waals surface area contributed by atoms with Crippen molar-refractivity contribution in [1.29, 1.82) is 5.26 Å². The van der Waals surface area contributed by atoms with E-state index in [0.717, 1.165) is 0 Å². The molecule has 0 amide bonds. The maximum Gasteiger partial charge on any atom is 0.310 e. The third kappa shape index (κ3) is 3.48. The van der Waals surface area contributed by atoms with Crippen LogP contribution in [-0.4, -0.2) is 12.6 Å². The van der Waals surface area contributed by atoms with Gasteiger partial charge in [-0.1, -0.05) is 6.07 Å². The Labute approximate surface area is 109 Å². The van der Waals surface area contributed by atoms with E-state index in [1.807, 2.05) is 6.07 Å². The molecule has 19 heavy (non-hydrogen) atoms. The Kier molecular flexibility index (Phi) is 5.39. The number of halogens is 2. The maximum atomic E-state index is 13.1. The molecular weight excluding hydrogens is 254 g/mol. The molecule has 0 heterocycles. The van der Waals surface area contributed by atoms with Crippen LogP contribution in [-0.2, 0) is 22.5 Å². The van der Waals surface area contributed by atoms with E-state index in [0.29, 0.717) is 0 Å². The van der Waals surface area contributed by atoms with Gasteiger partial charge in [-0.3, -0.25) is 4.79 Å². The van der Waals surface area contributed by atoms with E-state index in [1.165, 1.54) is 12.1 Å². The van der Waals surface area contributed by atoms with Crippen molar-refractivity contribution < 1.29 is 18.3 Å². The average molecular weight is 268 g/mol. The minimum absolute atomic E-state index is 0.00102. The summed E-state index contributed by atoms with van der Waals surface area (Å²) in [4.78, 5) is 11.4. The monoisotopic (exact) mass is 268 g/mol. The molecule has 0 aliphatic carbocycles. The molecule has 0 saturated heterocycles. The highest BCUT2D eigenvalue weighted by atomic mass is 19.3. The molecule has 0 unspecified atom stereocenters.